The zero-order valence-corrected chi connectivity index (χ0v) is 72.9. The molecule has 6 nitrogen and oxygen atoms in total. The van der Waals surface area contributed by atoms with Crippen LogP contribution < -0.4 is 193 Å². The molecule has 0 spiro atoms. The van der Waals surface area contributed by atoms with Gasteiger partial charge in [0.1, 0.15) is 235 Å². The number of hydrogen-bond acceptors (Lipinski definition) is 6. The predicted molar refractivity (Wildman–Crippen MR) is 593 cm³/mol. The van der Waals surface area contributed by atoms with Gasteiger partial charge in [-0.3, -0.25) is 0 Å². The van der Waals surface area contributed by atoms with E-state index in [1.807, 2.05) is 0 Å². The minimum absolute atomic E-state index is 0.547. The molecule has 0 amide bonds. The predicted octanol–water partition coefficient (Wildman–Crippen LogP) is -34.9. The van der Waals surface area contributed by atoms with E-state index >= 15 is 0 Å². The van der Waals surface area contributed by atoms with Gasteiger partial charge in [0, 0.05) is 57.1 Å². The van der Waals surface area contributed by atoms with Crippen molar-refractivity contribution in [1.29, 1.82) is 0 Å². The summed E-state index contributed by atoms with van der Waals surface area (Å²) in [5.74, 6) is 0. The maximum atomic E-state index is 9.05. The Balaban J connectivity index is 1.11. The molecule has 0 bridgehead atoms. The van der Waals surface area contributed by atoms with E-state index in [1.165, 1.54) is 247 Å². The number of hydrogen-bond donors (Lipinski definition) is 1. The van der Waals surface area contributed by atoms with Crippen LogP contribution in [0, 0.1) is 0 Å². The van der Waals surface area contributed by atoms with Crippen LogP contribution >= 0.6 is 0 Å². The SMILES string of the molecule is Bc1c(B)c(B)c(-c2cccc(-c3c(B)c(B)c(B)c(B)c3B)c2Cc2ccccc2N2B(N)N3B(N4B2N(c2c(-c5c(B)c(B)c(B)c(B)c5B)cccc2-c2c(B)c(B)c(B)c(B)c2B)c2ccccc24)N(c2c(-c4c(B)c(B)c(B)c(B)c4B)cccc2-c2c(B)c(B)c(B)c(B)c2B)c2ccccc23)c(B)c1B. The second kappa shape index (κ2) is 29.2. The summed E-state index contributed by atoms with van der Waals surface area (Å²) in [5.41, 5.74) is 74.3. The molecule has 0 radical (unpaired) electrons. The van der Waals surface area contributed by atoms with Gasteiger partial charge in [0.15, 0.2) is 0 Å². The number of para-hydroxylation sites is 7. The van der Waals surface area contributed by atoms with Crippen molar-refractivity contribution in [1.82, 2.24) is 0 Å². The maximum absolute atomic E-state index is 9.05. The molecule has 0 unspecified atom stereocenters. The van der Waals surface area contributed by atoms with Crippen molar-refractivity contribution in [2.75, 3.05) is 23.8 Å². The average molecular weight is 1400 g/mol. The van der Waals surface area contributed by atoms with E-state index in [0.29, 0.717) is 6.42 Å². The molecule has 0 saturated carbocycles. The highest BCUT2D eigenvalue weighted by Gasteiger charge is 2.66. The molecule has 3 aliphatic rings. The van der Waals surface area contributed by atoms with Gasteiger partial charge in [0.25, 0.3) is 0 Å². The Bertz CT molecular complexity index is 5700. The number of rotatable bonds is 11. The van der Waals surface area contributed by atoms with Crippen LogP contribution in [0.25, 0.3) is 66.8 Å². The largest absolute Gasteiger partial charge is 0.489 e. The first-order valence-corrected chi connectivity index (χ1v) is 40.9. The first kappa shape index (κ1) is 79.0. The molecule has 0 atom stereocenters. The molecule has 0 aliphatic carbocycles. The number of nitrogens with zero attached hydrogens (tertiary/aromatic N) is 5. The summed E-state index contributed by atoms with van der Waals surface area (Å²) in [7, 11) is 68.3. The first-order valence-electron chi connectivity index (χ1n) is 40.9. The highest BCUT2D eigenvalue weighted by molar-refractivity contribution is 7.09. The summed E-state index contributed by atoms with van der Waals surface area (Å²) in [6.07, 6.45) is 0.619. The smallest absolute Gasteiger partial charge is 0.389 e. The third kappa shape index (κ3) is 11.6. The second-order valence-corrected chi connectivity index (χ2v) is 34.1. The van der Waals surface area contributed by atoms with Crippen LogP contribution in [0.3, 0.4) is 0 Å². The van der Waals surface area contributed by atoms with E-state index < -0.39 is 21.4 Å². The zero-order valence-electron chi connectivity index (χ0n) is 72.9. The fourth-order valence-corrected chi connectivity index (χ4v) is 20.8. The topological polar surface area (TPSA) is 42.2 Å². The van der Waals surface area contributed by atoms with Crippen molar-refractivity contribution in [2.24, 2.45) is 5.64 Å². The van der Waals surface area contributed by atoms with Crippen molar-refractivity contribution in [3.63, 3.8) is 0 Å². The lowest BCUT2D eigenvalue weighted by Gasteiger charge is -2.52. The monoisotopic (exact) mass is 1410 g/mol. The van der Waals surface area contributed by atoms with E-state index in [2.05, 4.69) is 387 Å². The quantitative estimate of drug-likeness (QED) is 0.130. The Labute approximate surface area is 696 Å². The molecule has 2 N–H and O–H groups in total. The molecule has 15 rings (SSSR count). The van der Waals surface area contributed by atoms with Crippen LogP contribution in [0.5, 0.6) is 0 Å². The van der Waals surface area contributed by atoms with E-state index in [0.717, 1.165) is 34.1 Å². The Kier molecular flexibility index (Phi) is 20.6. The summed E-state index contributed by atoms with van der Waals surface area (Å²) in [6, 6.07) is 49.7. The molecule has 506 valence electrons. The van der Waals surface area contributed by atoms with Crippen molar-refractivity contribution >= 4 is 460 Å². The van der Waals surface area contributed by atoms with Gasteiger partial charge in [-0.05, 0) is 86.0 Å². The van der Waals surface area contributed by atoms with Crippen LogP contribution in [0.4, 0.5) is 39.8 Å². The maximum Gasteiger partial charge on any atom is 0.489 e. The highest BCUT2D eigenvalue weighted by atomic mass is 15.5. The second-order valence-electron chi connectivity index (χ2n) is 34.1. The van der Waals surface area contributed by atoms with Crippen LogP contribution in [0.2, 0.25) is 0 Å². The molecule has 39 heteroatoms. The van der Waals surface area contributed by atoms with Crippen molar-refractivity contribution in [3.05, 3.63) is 139 Å². The van der Waals surface area contributed by atoms with Gasteiger partial charge in [-0.15, -0.1) is 98.3 Å². The lowest BCUT2D eigenvalue weighted by atomic mass is 9.55. The van der Waals surface area contributed by atoms with E-state index in [9.17, 15) is 0 Å². The molecule has 0 aromatic heterocycles. The minimum Gasteiger partial charge on any atom is -0.389 e. The fourth-order valence-electron chi connectivity index (χ4n) is 20.8. The summed E-state index contributed by atoms with van der Waals surface area (Å²) < 4.78 is 8.07. The Hall–Kier alpha value is -8.26. The summed E-state index contributed by atoms with van der Waals surface area (Å²) in [6.45, 7) is 0. The first-order chi connectivity index (χ1) is 53.1. The van der Waals surface area contributed by atoms with Gasteiger partial charge in [-0.1, -0.05) is 163 Å². The van der Waals surface area contributed by atoms with Gasteiger partial charge < -0.3 is 29.4 Å². The number of fused-ring (bicyclic) bond motifs is 7. The lowest BCUT2D eigenvalue weighted by molar-refractivity contribution is 1.17. The number of nitrogens with two attached hydrogens (primary N) is 1. The molecule has 3 heterocycles. The van der Waals surface area contributed by atoms with Crippen LogP contribution in [-0.2, 0) is 6.42 Å². The molecular formula is C73H85B33N6. The van der Waals surface area contributed by atoms with Crippen molar-refractivity contribution in [3.8, 4) is 66.8 Å². The van der Waals surface area contributed by atoms with E-state index in [1.54, 1.807) is 0 Å². The molecule has 1 fully saturated rings. The van der Waals surface area contributed by atoms with Gasteiger partial charge in [-0.2, -0.15) is 0 Å². The average Bonchev–Trinajstić information content (AvgIpc) is 1.70. The number of benzene rings is 12. The molecule has 1 saturated heterocycles. The standard InChI is InChI=1S/C73H85B33N6/c74-42-36(43(75)55(87)66(98)54(42)86)24-11-7-12-25(37-44(76)56(88)67(99)57(89)45(37)77)30(24)22-23-10-1-2-17-31(23)110-104(107)111-34-20-5-3-18-32(34)108(72-26(38-46(78)58(90)68(100)59(91)47(38)79)13-8-14-27(72)39-48(80)60(92)69(101)61(93)49(39)81)106(111)112-35-21-6-4-19-33(35)109(105(110)112)73-28(40-50(82)62(94)70(102)63(95)51(40)83)15-9-16-29(73)41-52(84)64(96)71(103)65(97)53(41)85/h1-21H,22,74-103,107H2. The van der Waals surface area contributed by atoms with Crippen LogP contribution in [-0.4, -0.2) is 257 Å². The zero-order chi connectivity index (χ0) is 80.6. The molecular weight excluding hydrogens is 1320 g/mol. The van der Waals surface area contributed by atoms with Crippen molar-refractivity contribution < 1.29 is 0 Å². The normalized spacial score (nSPS) is 12.9. The van der Waals surface area contributed by atoms with Gasteiger partial charge >= 0.3 is 21.4 Å². The Morgan fingerprint density at radius 1 is 0.205 bits per heavy atom. The molecule has 3 aliphatic heterocycles. The summed E-state index contributed by atoms with van der Waals surface area (Å²) in [5, 5.41) is 0. The molecule has 12 aromatic rings. The lowest BCUT2D eigenvalue weighted by Crippen LogP contribution is -2.84. The molecule has 112 heavy (non-hydrogen) atoms. The minimum atomic E-state index is -0.783. The van der Waals surface area contributed by atoms with E-state index in [-0.39, 0.29) is 0 Å². The van der Waals surface area contributed by atoms with Crippen molar-refractivity contribution in [2.45, 2.75) is 6.42 Å². The van der Waals surface area contributed by atoms with Crippen LogP contribution in [0.1, 0.15) is 11.1 Å². The Morgan fingerprint density at radius 3 is 0.670 bits per heavy atom. The highest BCUT2D eigenvalue weighted by Crippen LogP contribution is 2.57. The molecule has 12 aromatic carbocycles. The summed E-state index contributed by atoms with van der Waals surface area (Å²) >= 11 is 0. The van der Waals surface area contributed by atoms with Gasteiger partial charge in [0.2, 0.25) is 0 Å². The fraction of sp³-hybridized carbons (Fsp3) is 0.0137. The van der Waals surface area contributed by atoms with Gasteiger partial charge in [-0.25, -0.2) is 0 Å². The number of anilines is 7. The Morgan fingerprint density at radius 2 is 0.402 bits per heavy atom. The third-order valence-corrected chi connectivity index (χ3v) is 29.8. The van der Waals surface area contributed by atoms with Gasteiger partial charge in [0.05, 0.1) is 11.4 Å². The third-order valence-electron chi connectivity index (χ3n) is 29.8. The summed E-state index contributed by atoms with van der Waals surface area (Å²) in [4.78, 5) is 5.54. The van der Waals surface area contributed by atoms with E-state index in [4.69, 9.17) is 5.64 Å². The van der Waals surface area contributed by atoms with Crippen LogP contribution in [0.15, 0.2) is 127 Å².